The van der Waals surface area contributed by atoms with Crippen LogP contribution in [0.5, 0.6) is 28.7 Å². The second-order valence-electron chi connectivity index (χ2n) is 7.14. The number of hydrogen-bond donors (Lipinski definition) is 1. The molecule has 8 nitrogen and oxygen atoms in total. The van der Waals surface area contributed by atoms with Gasteiger partial charge in [0.2, 0.25) is 0 Å². The lowest BCUT2D eigenvalue weighted by Gasteiger charge is -2.14. The van der Waals surface area contributed by atoms with E-state index in [1.54, 1.807) is 59.8 Å². The number of ether oxygens (including phenoxy) is 5. The summed E-state index contributed by atoms with van der Waals surface area (Å²) in [7, 11) is 7.96. The van der Waals surface area contributed by atoms with E-state index >= 15 is 0 Å². The molecule has 0 saturated heterocycles. The molecule has 1 N–H and O–H groups in total. The van der Waals surface area contributed by atoms with Crippen LogP contribution in [0.3, 0.4) is 0 Å². The second-order valence-corrected chi connectivity index (χ2v) is 7.14. The van der Waals surface area contributed by atoms with Crippen LogP contribution in [0.15, 0.2) is 46.9 Å². The van der Waals surface area contributed by atoms with Gasteiger partial charge in [0, 0.05) is 30.7 Å². The third kappa shape index (κ3) is 5.71. The molecular weight excluding hydrogens is 426 g/mol. The maximum atomic E-state index is 12.6. The first-order chi connectivity index (χ1) is 16.0. The molecule has 1 aromatic heterocycles. The van der Waals surface area contributed by atoms with Gasteiger partial charge < -0.3 is 33.4 Å². The molecule has 0 fully saturated rings. The quantitative estimate of drug-likeness (QED) is 0.469. The molecule has 8 heteroatoms. The number of nitrogens with one attached hydrogen (secondary N) is 1. The summed E-state index contributed by atoms with van der Waals surface area (Å²) in [5, 5.41) is 2.88. The summed E-state index contributed by atoms with van der Waals surface area (Å²) in [6, 6.07) is 12.5. The fourth-order valence-corrected chi connectivity index (χ4v) is 3.50. The molecule has 0 unspecified atom stereocenters. The molecule has 0 radical (unpaired) electrons. The maximum Gasteiger partial charge on any atom is 0.287 e. The first-order valence-corrected chi connectivity index (χ1v) is 10.4. The van der Waals surface area contributed by atoms with E-state index in [-0.39, 0.29) is 11.7 Å². The van der Waals surface area contributed by atoms with Crippen molar-refractivity contribution < 1.29 is 32.9 Å². The van der Waals surface area contributed by atoms with Crippen molar-refractivity contribution in [3.63, 3.8) is 0 Å². The lowest BCUT2D eigenvalue weighted by Crippen LogP contribution is -2.25. The van der Waals surface area contributed by atoms with Crippen molar-refractivity contribution in [1.29, 1.82) is 0 Å². The SMILES string of the molecule is COc1ccc(OC)c(CCNC(=O)c2ccc(Cc3c(OC)cc(OC)cc3OC)o2)c1. The number of carbonyl (C=O) groups excluding carboxylic acids is 1. The summed E-state index contributed by atoms with van der Waals surface area (Å²) >= 11 is 0. The molecule has 0 aliphatic rings. The van der Waals surface area contributed by atoms with E-state index in [2.05, 4.69) is 5.32 Å². The number of carbonyl (C=O) groups is 1. The Morgan fingerprint density at radius 2 is 1.45 bits per heavy atom. The predicted molar refractivity (Wildman–Crippen MR) is 123 cm³/mol. The summed E-state index contributed by atoms with van der Waals surface area (Å²) in [5.74, 6) is 3.87. The average molecular weight is 456 g/mol. The van der Waals surface area contributed by atoms with Crippen molar-refractivity contribution in [1.82, 2.24) is 5.32 Å². The number of furan rings is 1. The number of amides is 1. The zero-order valence-electron chi connectivity index (χ0n) is 19.5. The standard InChI is InChI=1S/C25H29NO7/c1-28-17-6-8-21(30-3)16(12-17)10-11-26-25(27)22-9-7-18(33-22)13-20-23(31-4)14-19(29-2)15-24(20)32-5/h6-9,12,14-15H,10-11,13H2,1-5H3,(H,26,27). The van der Waals surface area contributed by atoms with E-state index in [0.717, 1.165) is 22.6 Å². The summed E-state index contributed by atoms with van der Waals surface area (Å²) < 4.78 is 32.7. The van der Waals surface area contributed by atoms with Gasteiger partial charge >= 0.3 is 0 Å². The largest absolute Gasteiger partial charge is 0.497 e. The second kappa shape index (κ2) is 11.2. The van der Waals surface area contributed by atoms with Crippen molar-refractivity contribution in [3.8, 4) is 28.7 Å². The van der Waals surface area contributed by atoms with Gasteiger partial charge in [-0.3, -0.25) is 4.79 Å². The zero-order valence-corrected chi connectivity index (χ0v) is 19.5. The van der Waals surface area contributed by atoms with E-state index in [1.807, 2.05) is 18.2 Å². The molecule has 0 aliphatic heterocycles. The van der Waals surface area contributed by atoms with Gasteiger partial charge in [-0.25, -0.2) is 0 Å². The van der Waals surface area contributed by atoms with E-state index in [4.69, 9.17) is 28.1 Å². The molecule has 0 atom stereocenters. The maximum absolute atomic E-state index is 12.6. The van der Waals surface area contributed by atoms with Crippen LogP contribution in [-0.4, -0.2) is 48.0 Å². The van der Waals surface area contributed by atoms with Gasteiger partial charge in [-0.2, -0.15) is 0 Å². The van der Waals surface area contributed by atoms with E-state index in [1.165, 1.54) is 0 Å². The summed E-state index contributed by atoms with van der Waals surface area (Å²) in [4.78, 5) is 12.6. The fraction of sp³-hybridized carbons (Fsp3) is 0.320. The van der Waals surface area contributed by atoms with Crippen molar-refractivity contribution >= 4 is 5.91 Å². The van der Waals surface area contributed by atoms with Gasteiger partial charge in [0.15, 0.2) is 5.76 Å². The summed E-state index contributed by atoms with van der Waals surface area (Å²) in [6.45, 7) is 0.415. The highest BCUT2D eigenvalue weighted by Crippen LogP contribution is 2.35. The van der Waals surface area contributed by atoms with Gasteiger partial charge in [-0.15, -0.1) is 0 Å². The summed E-state index contributed by atoms with van der Waals surface area (Å²) in [5.41, 5.74) is 1.74. The molecular formula is C25H29NO7. The highest BCUT2D eigenvalue weighted by molar-refractivity contribution is 5.91. The molecule has 3 aromatic rings. The van der Waals surface area contributed by atoms with Crippen LogP contribution in [-0.2, 0) is 12.8 Å². The minimum Gasteiger partial charge on any atom is -0.497 e. The minimum absolute atomic E-state index is 0.231. The molecule has 33 heavy (non-hydrogen) atoms. The Morgan fingerprint density at radius 1 is 0.788 bits per heavy atom. The molecule has 0 spiro atoms. The third-order valence-electron chi connectivity index (χ3n) is 5.22. The van der Waals surface area contributed by atoms with Gasteiger partial charge in [0.1, 0.15) is 34.5 Å². The Hall–Kier alpha value is -3.81. The Labute approximate surface area is 193 Å². The molecule has 0 bridgehead atoms. The Balaban J connectivity index is 1.66. The Kier molecular flexibility index (Phi) is 8.07. The van der Waals surface area contributed by atoms with Crippen LogP contribution in [0, 0.1) is 0 Å². The van der Waals surface area contributed by atoms with Gasteiger partial charge in [0.05, 0.1) is 35.5 Å². The first kappa shape index (κ1) is 23.8. The fourth-order valence-electron chi connectivity index (χ4n) is 3.50. The van der Waals surface area contributed by atoms with Crippen LogP contribution >= 0.6 is 0 Å². The van der Waals surface area contributed by atoms with Gasteiger partial charge in [0.25, 0.3) is 5.91 Å². The van der Waals surface area contributed by atoms with Crippen LogP contribution in [0.4, 0.5) is 0 Å². The van der Waals surface area contributed by atoms with Crippen molar-refractivity contribution in [2.75, 3.05) is 42.1 Å². The van der Waals surface area contributed by atoms with Crippen molar-refractivity contribution in [3.05, 3.63) is 65.1 Å². The topological polar surface area (TPSA) is 88.4 Å². The van der Waals surface area contributed by atoms with E-state index in [9.17, 15) is 4.79 Å². The molecule has 3 rings (SSSR count). The lowest BCUT2D eigenvalue weighted by atomic mass is 10.1. The molecule has 0 saturated carbocycles. The third-order valence-corrected chi connectivity index (χ3v) is 5.22. The molecule has 176 valence electrons. The Bertz CT molecular complexity index is 1070. The lowest BCUT2D eigenvalue weighted by molar-refractivity contribution is 0.0924. The van der Waals surface area contributed by atoms with Crippen molar-refractivity contribution in [2.45, 2.75) is 12.8 Å². The van der Waals surface area contributed by atoms with E-state index in [0.29, 0.717) is 42.4 Å². The van der Waals surface area contributed by atoms with Gasteiger partial charge in [-0.1, -0.05) is 0 Å². The Morgan fingerprint density at radius 3 is 2.06 bits per heavy atom. The number of methoxy groups -OCH3 is 5. The number of hydrogen-bond acceptors (Lipinski definition) is 7. The van der Waals surface area contributed by atoms with Crippen LogP contribution in [0.2, 0.25) is 0 Å². The number of rotatable bonds is 11. The minimum atomic E-state index is -0.295. The van der Waals surface area contributed by atoms with E-state index < -0.39 is 0 Å². The van der Waals surface area contributed by atoms with Crippen LogP contribution in [0.1, 0.15) is 27.4 Å². The average Bonchev–Trinajstić information content (AvgIpc) is 3.32. The highest BCUT2D eigenvalue weighted by atomic mass is 16.5. The zero-order chi connectivity index (χ0) is 23.8. The molecule has 1 amide bonds. The normalized spacial score (nSPS) is 10.5. The molecule has 2 aromatic carbocycles. The molecule has 1 heterocycles. The molecule has 0 aliphatic carbocycles. The predicted octanol–water partition coefficient (Wildman–Crippen LogP) is 3.89. The van der Waals surface area contributed by atoms with Gasteiger partial charge in [-0.05, 0) is 42.3 Å². The smallest absolute Gasteiger partial charge is 0.287 e. The van der Waals surface area contributed by atoms with Crippen LogP contribution in [0.25, 0.3) is 0 Å². The monoisotopic (exact) mass is 455 g/mol. The number of benzene rings is 2. The van der Waals surface area contributed by atoms with Crippen LogP contribution < -0.4 is 29.0 Å². The first-order valence-electron chi connectivity index (χ1n) is 10.4. The summed E-state index contributed by atoms with van der Waals surface area (Å²) in [6.07, 6.45) is 0.977. The van der Waals surface area contributed by atoms with Crippen molar-refractivity contribution in [2.24, 2.45) is 0 Å². The highest BCUT2D eigenvalue weighted by Gasteiger charge is 2.17.